The van der Waals surface area contributed by atoms with Crippen LogP contribution in [0.1, 0.15) is 0 Å². The molecule has 0 heterocycles. The Balaban J connectivity index is 3.47. The molecule has 3 nitrogen and oxygen atoms in total. The second-order valence-corrected chi connectivity index (χ2v) is 1.56. The standard InChI is InChI=1S/FH3NO2P/c1-5(2,3)4/h(H3,2,3,4)/p-1. The average molecular weight is 98.0 g/mol. The Bertz CT molecular complexity index is 55.8. The van der Waals surface area contributed by atoms with Gasteiger partial charge in [0.2, 0.25) is 7.83 Å². The fraction of sp³-hybridized carbons (Fsp3) is 0. The Kier molecular flexibility index (Phi) is 1.06. The van der Waals surface area contributed by atoms with E-state index < -0.39 is 7.83 Å². The summed E-state index contributed by atoms with van der Waals surface area (Å²) >= 11 is 0. The van der Waals surface area contributed by atoms with Crippen molar-refractivity contribution >= 4 is 7.83 Å². The van der Waals surface area contributed by atoms with Crippen LogP contribution < -0.4 is 10.4 Å². The first-order valence-corrected chi connectivity index (χ1v) is 2.38. The monoisotopic (exact) mass is 98.0 g/mol. The normalized spacial score (nSPS) is 21.4. The van der Waals surface area contributed by atoms with Gasteiger partial charge in [-0.1, -0.05) is 0 Å². The highest BCUT2D eigenvalue weighted by molar-refractivity contribution is 7.48. The van der Waals surface area contributed by atoms with E-state index in [0.29, 0.717) is 0 Å². The second-order valence-electron chi connectivity index (χ2n) is 0.521. The van der Waals surface area contributed by atoms with Gasteiger partial charge in [-0.15, -0.1) is 0 Å². The van der Waals surface area contributed by atoms with E-state index in [9.17, 15) is 4.20 Å². The summed E-state index contributed by atoms with van der Waals surface area (Å²) in [6.07, 6.45) is 0. The molecule has 0 aromatic rings. The molecule has 0 aliphatic rings. The van der Waals surface area contributed by atoms with Crippen LogP contribution in [0.4, 0.5) is 4.20 Å². The minimum absolute atomic E-state index is 3.69. The molecule has 32 valence electrons. The van der Waals surface area contributed by atoms with E-state index in [4.69, 9.17) is 9.46 Å². The zero-order valence-corrected chi connectivity index (χ0v) is 3.11. The predicted octanol–water partition coefficient (Wildman–Crippen LogP) is -0.617. The first-order chi connectivity index (χ1) is 2.00. The molecule has 0 amide bonds. The first-order valence-electron chi connectivity index (χ1n) is 0.792. The van der Waals surface area contributed by atoms with Crippen LogP contribution in [0, 0.1) is 0 Å². The molecule has 0 fully saturated rings. The fourth-order valence-electron chi connectivity index (χ4n) is 0. The van der Waals surface area contributed by atoms with E-state index in [1.54, 1.807) is 0 Å². The lowest BCUT2D eigenvalue weighted by atomic mass is 13.9. The number of rotatable bonds is 0. The molecule has 0 saturated carbocycles. The Morgan fingerprint density at radius 3 is 2.00 bits per heavy atom. The van der Waals surface area contributed by atoms with Gasteiger partial charge in [-0.05, 0) is 0 Å². The minimum Gasteiger partial charge on any atom is -0.763 e. The minimum atomic E-state index is -4.89. The lowest BCUT2D eigenvalue weighted by Crippen LogP contribution is -2.02. The molecule has 0 rings (SSSR count). The molecule has 1 unspecified atom stereocenters. The van der Waals surface area contributed by atoms with E-state index in [1.807, 2.05) is 0 Å². The van der Waals surface area contributed by atoms with Crippen LogP contribution in [-0.2, 0) is 4.57 Å². The van der Waals surface area contributed by atoms with Crippen LogP contribution in [-0.4, -0.2) is 0 Å². The summed E-state index contributed by atoms with van der Waals surface area (Å²) in [4.78, 5) is 8.77. The van der Waals surface area contributed by atoms with Gasteiger partial charge in [-0.2, -0.15) is 4.20 Å². The molecular formula is H2FNO2P-. The van der Waals surface area contributed by atoms with Gasteiger partial charge >= 0.3 is 0 Å². The summed E-state index contributed by atoms with van der Waals surface area (Å²) in [7, 11) is -4.89. The van der Waals surface area contributed by atoms with Crippen molar-refractivity contribution in [1.29, 1.82) is 0 Å². The lowest BCUT2D eigenvalue weighted by Gasteiger charge is -1.99. The van der Waals surface area contributed by atoms with Crippen molar-refractivity contribution in [2.45, 2.75) is 0 Å². The SMILES string of the molecule is NP(=O)([O-])F. The van der Waals surface area contributed by atoms with Gasteiger partial charge in [-0.3, -0.25) is 10.1 Å². The van der Waals surface area contributed by atoms with E-state index in [2.05, 4.69) is 5.50 Å². The van der Waals surface area contributed by atoms with Crippen LogP contribution in [0.2, 0.25) is 0 Å². The van der Waals surface area contributed by atoms with Crippen molar-refractivity contribution in [3.05, 3.63) is 0 Å². The van der Waals surface area contributed by atoms with Crippen LogP contribution in [0.25, 0.3) is 0 Å². The largest absolute Gasteiger partial charge is 0.763 e. The third kappa shape index (κ3) is 2760. The summed E-state index contributed by atoms with van der Waals surface area (Å²) in [6.45, 7) is 0. The second kappa shape index (κ2) is 1.05. The molecule has 0 spiro atoms. The van der Waals surface area contributed by atoms with E-state index in [1.165, 1.54) is 0 Å². The summed E-state index contributed by atoms with van der Waals surface area (Å²) in [6, 6.07) is 0. The molecule has 0 aromatic carbocycles. The van der Waals surface area contributed by atoms with Gasteiger partial charge in [0.05, 0.1) is 0 Å². The molecule has 0 bridgehead atoms. The Morgan fingerprint density at radius 2 is 2.00 bits per heavy atom. The smallest absolute Gasteiger partial charge is 0.244 e. The average Bonchev–Trinajstić information content (AvgIpc) is 0.722. The van der Waals surface area contributed by atoms with Gasteiger partial charge in [0.25, 0.3) is 0 Å². The third-order valence-corrected chi connectivity index (χ3v) is 0. The van der Waals surface area contributed by atoms with Crippen LogP contribution in [0.5, 0.6) is 0 Å². The fourth-order valence-corrected chi connectivity index (χ4v) is 0. The zero-order chi connectivity index (χ0) is 4.50. The summed E-state index contributed by atoms with van der Waals surface area (Å²) in [5.74, 6) is 0. The van der Waals surface area contributed by atoms with Crippen molar-refractivity contribution in [2.24, 2.45) is 5.50 Å². The number of halogens is 1. The molecule has 5 heteroatoms. The third-order valence-electron chi connectivity index (χ3n) is 0. The molecule has 0 aliphatic carbocycles. The van der Waals surface area contributed by atoms with Gasteiger partial charge in [-0.25, -0.2) is 0 Å². The maximum atomic E-state index is 10.5. The van der Waals surface area contributed by atoms with Crippen molar-refractivity contribution in [3.63, 3.8) is 0 Å². The van der Waals surface area contributed by atoms with Crippen molar-refractivity contribution < 1.29 is 13.7 Å². The molecule has 2 N–H and O–H groups in total. The van der Waals surface area contributed by atoms with Crippen molar-refractivity contribution in [3.8, 4) is 0 Å². The van der Waals surface area contributed by atoms with Crippen molar-refractivity contribution in [2.75, 3.05) is 0 Å². The summed E-state index contributed by atoms with van der Waals surface area (Å²) in [5, 5.41) is 0. The van der Waals surface area contributed by atoms with Crippen LogP contribution in [0.3, 0.4) is 0 Å². The number of hydrogen-bond acceptors (Lipinski definition) is 2. The molecule has 0 aliphatic heterocycles. The zero-order valence-electron chi connectivity index (χ0n) is 2.22. The lowest BCUT2D eigenvalue weighted by molar-refractivity contribution is -0.186. The van der Waals surface area contributed by atoms with E-state index in [-0.39, 0.29) is 0 Å². The van der Waals surface area contributed by atoms with Crippen molar-refractivity contribution in [1.82, 2.24) is 0 Å². The number of hydrogen-bond donors (Lipinski definition) is 1. The highest BCUT2D eigenvalue weighted by Gasteiger charge is 1.84. The highest BCUT2D eigenvalue weighted by Crippen LogP contribution is 2.23. The number of nitrogens with two attached hydrogens (primary N) is 1. The van der Waals surface area contributed by atoms with Crippen LogP contribution in [0.15, 0.2) is 0 Å². The summed E-state index contributed by atoms with van der Waals surface area (Å²) < 4.78 is 19.2. The Hall–Kier alpha value is 0.0800. The highest BCUT2D eigenvalue weighted by atomic mass is 31.2. The van der Waals surface area contributed by atoms with Gasteiger partial charge in [0.15, 0.2) is 0 Å². The van der Waals surface area contributed by atoms with E-state index >= 15 is 0 Å². The molecule has 0 saturated heterocycles. The van der Waals surface area contributed by atoms with Crippen LogP contribution >= 0.6 is 7.83 Å². The predicted molar refractivity (Wildman–Crippen MR) is 12.9 cm³/mol. The molecular weight excluding hydrogens is 96.0 g/mol. The van der Waals surface area contributed by atoms with Gasteiger partial charge < -0.3 is 4.89 Å². The topological polar surface area (TPSA) is 66.2 Å². The molecule has 5 heavy (non-hydrogen) atoms. The maximum absolute atomic E-state index is 10.5. The van der Waals surface area contributed by atoms with Gasteiger partial charge in [0.1, 0.15) is 0 Å². The van der Waals surface area contributed by atoms with E-state index in [0.717, 1.165) is 0 Å². The first kappa shape index (κ1) is 5.08. The summed E-state index contributed by atoms with van der Waals surface area (Å²) in [5.41, 5.74) is 3.69. The van der Waals surface area contributed by atoms with Gasteiger partial charge in [0, 0.05) is 0 Å². The Labute approximate surface area is 28.2 Å². The Morgan fingerprint density at radius 1 is 2.00 bits per heavy atom. The molecule has 0 aromatic heterocycles. The molecule has 1 atom stereocenters. The quantitative estimate of drug-likeness (QED) is 0.410. The maximum Gasteiger partial charge on any atom is 0.244 e. The molecule has 0 radical (unpaired) electrons.